The van der Waals surface area contributed by atoms with Crippen LogP contribution in [0.3, 0.4) is 0 Å². The molecule has 0 saturated heterocycles. The molecule has 3 aromatic heterocycles. The molecule has 0 spiro atoms. The number of nitrogens with zero attached hydrogens (tertiary/aromatic N) is 3. The first-order chi connectivity index (χ1) is 24.8. The maximum absolute atomic E-state index is 6.79. The standard InChI is InChI=1S/C44H28N4O2/c1-2-13-26(12-1)42-45-43(47-44(46-42)33-20-9-17-30-29-16-5-8-24-37(29)49-40(30)33)32-19-11-25-38-39(32)31-18-10-23-36(41(31)50-38)48-34-21-6-3-14-27(34)28-15-4-7-22-35(28)48/h1-12,14-25,42H,13H2,(H,45,46,47). The van der Waals surface area contributed by atoms with Crippen LogP contribution in [-0.4, -0.2) is 22.4 Å². The highest BCUT2D eigenvalue weighted by Gasteiger charge is 2.27. The molecule has 1 unspecified atom stereocenters. The molecule has 236 valence electrons. The molecule has 0 saturated carbocycles. The second-order valence-electron chi connectivity index (χ2n) is 12.9. The minimum absolute atomic E-state index is 0.284. The summed E-state index contributed by atoms with van der Waals surface area (Å²) in [5.41, 5.74) is 9.57. The van der Waals surface area contributed by atoms with Gasteiger partial charge in [0.25, 0.3) is 0 Å². The summed E-state index contributed by atoms with van der Waals surface area (Å²) in [5, 5.41) is 10.2. The van der Waals surface area contributed by atoms with E-state index < -0.39 is 0 Å². The number of benzene rings is 6. The molecule has 0 bridgehead atoms. The molecule has 6 aromatic carbocycles. The number of para-hydroxylation sites is 5. The van der Waals surface area contributed by atoms with Gasteiger partial charge in [0.15, 0.2) is 11.4 Å². The quantitative estimate of drug-likeness (QED) is 0.207. The Hall–Kier alpha value is -6.66. The van der Waals surface area contributed by atoms with Crippen LogP contribution in [0.15, 0.2) is 170 Å². The van der Waals surface area contributed by atoms with Gasteiger partial charge in [-0.05, 0) is 48.4 Å². The van der Waals surface area contributed by atoms with Gasteiger partial charge < -0.3 is 18.7 Å². The zero-order valence-electron chi connectivity index (χ0n) is 26.8. The SMILES string of the molecule is C1=CCC(C2N=C(c3cccc4oc5c(-n6c7ccccc7c7ccccc76)cccc5c34)N=C(c3cccc4c3oc3ccccc34)N2)=C1. The van der Waals surface area contributed by atoms with Crippen LogP contribution in [0, 0.1) is 0 Å². The first kappa shape index (κ1) is 27.3. The summed E-state index contributed by atoms with van der Waals surface area (Å²) >= 11 is 0. The molecule has 1 aliphatic carbocycles. The van der Waals surface area contributed by atoms with Gasteiger partial charge in [0.2, 0.25) is 0 Å². The predicted octanol–water partition coefficient (Wildman–Crippen LogP) is 10.6. The number of furan rings is 2. The summed E-state index contributed by atoms with van der Waals surface area (Å²) in [6.45, 7) is 0. The number of nitrogens with one attached hydrogen (secondary N) is 1. The molecule has 4 heterocycles. The Kier molecular flexibility index (Phi) is 5.69. The lowest BCUT2D eigenvalue weighted by Gasteiger charge is -2.24. The number of amidine groups is 2. The van der Waals surface area contributed by atoms with Gasteiger partial charge in [-0.1, -0.05) is 109 Å². The van der Waals surface area contributed by atoms with E-state index in [4.69, 9.17) is 18.8 Å². The van der Waals surface area contributed by atoms with Gasteiger partial charge in [-0.2, -0.15) is 0 Å². The van der Waals surface area contributed by atoms with Crippen molar-refractivity contribution in [2.45, 2.75) is 12.6 Å². The van der Waals surface area contributed by atoms with Crippen molar-refractivity contribution < 1.29 is 8.83 Å². The van der Waals surface area contributed by atoms with Gasteiger partial charge in [-0.25, -0.2) is 9.98 Å². The van der Waals surface area contributed by atoms with Gasteiger partial charge in [0.05, 0.1) is 22.3 Å². The maximum Gasteiger partial charge on any atom is 0.160 e. The average molecular weight is 645 g/mol. The van der Waals surface area contributed by atoms with E-state index in [2.05, 4.69) is 125 Å². The first-order valence-corrected chi connectivity index (χ1v) is 16.9. The van der Waals surface area contributed by atoms with Crippen LogP contribution in [0.25, 0.3) is 71.4 Å². The molecule has 2 aliphatic rings. The van der Waals surface area contributed by atoms with Crippen LogP contribution in [0.2, 0.25) is 0 Å². The minimum Gasteiger partial charge on any atom is -0.455 e. The van der Waals surface area contributed by atoms with Crippen LogP contribution in [0.5, 0.6) is 0 Å². The third kappa shape index (κ3) is 3.90. The second kappa shape index (κ2) is 10.4. The van der Waals surface area contributed by atoms with Crippen LogP contribution in [-0.2, 0) is 0 Å². The van der Waals surface area contributed by atoms with E-state index in [9.17, 15) is 0 Å². The Labute approximate surface area is 286 Å². The molecule has 9 aromatic rings. The Morgan fingerprint density at radius 3 is 2.08 bits per heavy atom. The molecule has 0 amide bonds. The van der Waals surface area contributed by atoms with Crippen molar-refractivity contribution in [1.82, 2.24) is 9.88 Å². The number of aliphatic imine (C=N–C) groups is 2. The largest absolute Gasteiger partial charge is 0.455 e. The number of rotatable bonds is 4. The smallest absolute Gasteiger partial charge is 0.160 e. The Morgan fingerprint density at radius 2 is 1.26 bits per heavy atom. The summed E-state index contributed by atoms with van der Waals surface area (Å²) in [6, 6.07) is 44.1. The highest BCUT2D eigenvalue weighted by atomic mass is 16.3. The van der Waals surface area contributed by atoms with Crippen molar-refractivity contribution in [3.8, 4) is 5.69 Å². The van der Waals surface area contributed by atoms with Gasteiger partial charge in [0.1, 0.15) is 28.8 Å². The summed E-state index contributed by atoms with van der Waals surface area (Å²) < 4.78 is 15.6. The summed E-state index contributed by atoms with van der Waals surface area (Å²) in [6.07, 6.45) is 6.96. The highest BCUT2D eigenvalue weighted by Crippen LogP contribution is 2.40. The molecule has 0 radical (unpaired) electrons. The molecule has 0 fully saturated rings. The summed E-state index contributed by atoms with van der Waals surface area (Å²) in [7, 11) is 0. The lowest BCUT2D eigenvalue weighted by molar-refractivity contribution is 0.664. The number of hydrogen-bond acceptors (Lipinski definition) is 5. The maximum atomic E-state index is 6.79. The van der Waals surface area contributed by atoms with Crippen LogP contribution >= 0.6 is 0 Å². The Balaban J connectivity index is 1.14. The van der Waals surface area contributed by atoms with Gasteiger partial charge in [-0.3, -0.25) is 0 Å². The molecule has 50 heavy (non-hydrogen) atoms. The van der Waals surface area contributed by atoms with Crippen LogP contribution in [0.4, 0.5) is 0 Å². The van der Waals surface area contributed by atoms with E-state index in [1.165, 1.54) is 16.3 Å². The van der Waals surface area contributed by atoms with E-state index in [1.807, 2.05) is 30.3 Å². The molecule has 6 heteroatoms. The van der Waals surface area contributed by atoms with E-state index in [0.29, 0.717) is 5.84 Å². The topological polar surface area (TPSA) is 68.0 Å². The molecule has 1 N–H and O–H groups in total. The zero-order chi connectivity index (χ0) is 32.8. The van der Waals surface area contributed by atoms with Crippen molar-refractivity contribution >= 4 is 77.4 Å². The van der Waals surface area contributed by atoms with E-state index >= 15 is 0 Å². The van der Waals surface area contributed by atoms with Crippen molar-refractivity contribution in [2.24, 2.45) is 9.98 Å². The molecule has 11 rings (SSSR count). The average Bonchev–Trinajstić information content (AvgIpc) is 3.98. The van der Waals surface area contributed by atoms with Gasteiger partial charge in [-0.15, -0.1) is 0 Å². The van der Waals surface area contributed by atoms with E-state index in [1.54, 1.807) is 0 Å². The fourth-order valence-corrected chi connectivity index (χ4v) is 7.87. The Morgan fingerprint density at radius 1 is 0.600 bits per heavy atom. The van der Waals surface area contributed by atoms with Gasteiger partial charge in [0, 0.05) is 37.9 Å². The number of fused-ring (bicyclic) bond motifs is 9. The van der Waals surface area contributed by atoms with Crippen molar-refractivity contribution in [2.75, 3.05) is 0 Å². The fourth-order valence-electron chi connectivity index (χ4n) is 7.87. The number of hydrogen-bond donors (Lipinski definition) is 1. The monoisotopic (exact) mass is 644 g/mol. The minimum atomic E-state index is -0.284. The number of aromatic nitrogens is 1. The number of allylic oxidation sites excluding steroid dienone is 3. The second-order valence-corrected chi connectivity index (χ2v) is 12.9. The Bertz CT molecular complexity index is 2950. The third-order valence-electron chi connectivity index (χ3n) is 10.1. The lowest BCUT2D eigenvalue weighted by Crippen LogP contribution is -2.40. The van der Waals surface area contributed by atoms with Crippen molar-refractivity contribution in [1.29, 1.82) is 0 Å². The van der Waals surface area contributed by atoms with Crippen LogP contribution in [0.1, 0.15) is 17.5 Å². The fraction of sp³-hybridized carbons (Fsp3) is 0.0455. The third-order valence-corrected chi connectivity index (χ3v) is 10.1. The van der Waals surface area contributed by atoms with Crippen molar-refractivity contribution in [3.63, 3.8) is 0 Å². The van der Waals surface area contributed by atoms with Gasteiger partial charge >= 0.3 is 0 Å². The summed E-state index contributed by atoms with van der Waals surface area (Å²) in [4.78, 5) is 10.5. The molecule has 6 nitrogen and oxygen atoms in total. The molecule has 1 atom stereocenters. The van der Waals surface area contributed by atoms with E-state index in [-0.39, 0.29) is 6.17 Å². The first-order valence-electron chi connectivity index (χ1n) is 16.9. The molecule has 1 aliphatic heterocycles. The zero-order valence-corrected chi connectivity index (χ0v) is 26.8. The van der Waals surface area contributed by atoms with Crippen LogP contribution < -0.4 is 5.32 Å². The highest BCUT2D eigenvalue weighted by molar-refractivity contribution is 6.24. The normalized spacial score (nSPS) is 16.2. The molecular weight excluding hydrogens is 617 g/mol. The lowest BCUT2D eigenvalue weighted by atomic mass is 10.0. The van der Waals surface area contributed by atoms with E-state index in [0.717, 1.165) is 84.0 Å². The van der Waals surface area contributed by atoms with Crippen molar-refractivity contribution in [3.05, 3.63) is 162 Å². The summed E-state index contributed by atoms with van der Waals surface area (Å²) in [5.74, 6) is 1.38. The molecular formula is C44H28N4O2. The predicted molar refractivity (Wildman–Crippen MR) is 204 cm³/mol.